The Morgan fingerprint density at radius 1 is 1.29 bits per heavy atom. The minimum absolute atomic E-state index is 0.186. The molecule has 0 unspecified atom stereocenters. The van der Waals surface area contributed by atoms with Crippen molar-refractivity contribution in [3.8, 4) is 5.95 Å². The fraction of sp³-hybridized carbons (Fsp3) is 0.400. The molecule has 0 spiro atoms. The number of anilines is 1. The number of halogens is 1. The Morgan fingerprint density at radius 3 is 2.82 bits per heavy atom. The summed E-state index contributed by atoms with van der Waals surface area (Å²) < 4.78 is 1.69. The molecular formula is C10H11ClN6. The van der Waals surface area contributed by atoms with Gasteiger partial charge in [-0.05, 0) is 30.9 Å². The van der Waals surface area contributed by atoms with Crippen molar-refractivity contribution in [3.63, 3.8) is 0 Å². The molecule has 3 rings (SSSR count). The minimum Gasteiger partial charge on any atom is -0.351 e. The van der Waals surface area contributed by atoms with E-state index in [2.05, 4.69) is 25.3 Å². The Hall–Kier alpha value is -1.69. The Balaban J connectivity index is 1.89. The second-order valence-electron chi connectivity index (χ2n) is 3.97. The third-order valence-electron chi connectivity index (χ3n) is 2.77. The van der Waals surface area contributed by atoms with Crippen molar-refractivity contribution in [2.24, 2.45) is 0 Å². The predicted octanol–water partition coefficient (Wildman–Crippen LogP) is 1.68. The molecule has 1 N–H and O–H groups in total. The van der Waals surface area contributed by atoms with Crippen LogP contribution in [0.15, 0.2) is 18.7 Å². The molecule has 0 radical (unpaired) electrons. The fourth-order valence-corrected chi connectivity index (χ4v) is 1.79. The summed E-state index contributed by atoms with van der Waals surface area (Å²) >= 11 is 5.88. The summed E-state index contributed by atoms with van der Waals surface area (Å²) in [6, 6.07) is 0.462. The Bertz CT molecular complexity index is 508. The number of nitrogens with one attached hydrogen (secondary N) is 1. The molecule has 1 saturated carbocycles. The average molecular weight is 251 g/mol. The van der Waals surface area contributed by atoms with Crippen LogP contribution in [0.25, 0.3) is 5.95 Å². The topological polar surface area (TPSA) is 68.5 Å². The second kappa shape index (κ2) is 4.29. The average Bonchev–Trinajstić information content (AvgIpc) is 2.76. The molecule has 2 aromatic rings. The van der Waals surface area contributed by atoms with Crippen LogP contribution >= 0.6 is 11.6 Å². The lowest BCUT2D eigenvalue weighted by Gasteiger charge is -2.26. The summed E-state index contributed by atoms with van der Waals surface area (Å²) in [7, 11) is 0. The van der Waals surface area contributed by atoms with Crippen molar-refractivity contribution < 1.29 is 0 Å². The lowest BCUT2D eigenvalue weighted by Crippen LogP contribution is -2.28. The smallest absolute Gasteiger partial charge is 0.241 e. The molecule has 0 bridgehead atoms. The van der Waals surface area contributed by atoms with Crippen LogP contribution in [-0.2, 0) is 0 Å². The highest BCUT2D eigenvalue weighted by molar-refractivity contribution is 6.28. The van der Waals surface area contributed by atoms with Crippen LogP contribution in [0.1, 0.15) is 19.3 Å². The third-order valence-corrected chi connectivity index (χ3v) is 2.94. The molecule has 1 aliphatic rings. The Morgan fingerprint density at radius 2 is 2.18 bits per heavy atom. The highest BCUT2D eigenvalue weighted by Gasteiger charge is 2.18. The van der Waals surface area contributed by atoms with Gasteiger partial charge in [-0.3, -0.25) is 4.57 Å². The van der Waals surface area contributed by atoms with E-state index >= 15 is 0 Å². The maximum Gasteiger partial charge on any atom is 0.241 e. The molecule has 1 aliphatic carbocycles. The number of aromatic nitrogens is 5. The van der Waals surface area contributed by atoms with Gasteiger partial charge >= 0.3 is 0 Å². The molecule has 0 amide bonds. The molecule has 0 saturated heterocycles. The SMILES string of the molecule is Clc1nc(NC2CCC2)nc(-n2ccnc2)n1. The van der Waals surface area contributed by atoms with Crippen molar-refractivity contribution >= 4 is 17.5 Å². The van der Waals surface area contributed by atoms with Crippen LogP contribution in [-0.4, -0.2) is 30.5 Å². The predicted molar refractivity (Wildman–Crippen MR) is 63.2 cm³/mol. The van der Waals surface area contributed by atoms with Crippen molar-refractivity contribution in [3.05, 3.63) is 24.0 Å². The molecular weight excluding hydrogens is 240 g/mol. The lowest BCUT2D eigenvalue weighted by atomic mass is 9.93. The number of nitrogens with zero attached hydrogens (tertiary/aromatic N) is 5. The van der Waals surface area contributed by atoms with Crippen LogP contribution in [0.3, 0.4) is 0 Å². The summed E-state index contributed by atoms with van der Waals surface area (Å²) in [6.07, 6.45) is 8.62. The summed E-state index contributed by atoms with van der Waals surface area (Å²) in [6.45, 7) is 0. The van der Waals surface area contributed by atoms with Crippen LogP contribution in [0, 0.1) is 0 Å². The Kier molecular flexibility index (Phi) is 2.64. The molecule has 6 nitrogen and oxygen atoms in total. The fourth-order valence-electron chi connectivity index (χ4n) is 1.63. The van der Waals surface area contributed by atoms with Gasteiger partial charge in [0.15, 0.2) is 0 Å². The molecule has 0 atom stereocenters. The van der Waals surface area contributed by atoms with E-state index in [1.807, 2.05) is 0 Å². The van der Waals surface area contributed by atoms with Gasteiger partial charge in [-0.1, -0.05) is 0 Å². The number of rotatable bonds is 3. The van der Waals surface area contributed by atoms with Gasteiger partial charge in [-0.15, -0.1) is 0 Å². The van der Waals surface area contributed by atoms with Crippen LogP contribution in [0.4, 0.5) is 5.95 Å². The molecule has 0 aromatic carbocycles. The molecule has 2 heterocycles. The van der Waals surface area contributed by atoms with Gasteiger partial charge in [-0.2, -0.15) is 15.0 Å². The molecule has 7 heteroatoms. The standard InChI is InChI=1S/C10H11ClN6/c11-8-14-9(13-7-2-1-3-7)16-10(15-8)17-5-4-12-6-17/h4-7H,1-3H2,(H,13,14,15,16). The van der Waals surface area contributed by atoms with Crippen LogP contribution < -0.4 is 5.32 Å². The highest BCUT2D eigenvalue weighted by Crippen LogP contribution is 2.22. The second-order valence-corrected chi connectivity index (χ2v) is 4.31. The largest absolute Gasteiger partial charge is 0.351 e. The summed E-state index contributed by atoms with van der Waals surface area (Å²) in [4.78, 5) is 16.4. The van der Waals surface area contributed by atoms with E-state index in [9.17, 15) is 0 Å². The van der Waals surface area contributed by atoms with E-state index in [1.54, 1.807) is 23.3 Å². The van der Waals surface area contributed by atoms with E-state index in [0.717, 1.165) is 12.8 Å². The van der Waals surface area contributed by atoms with Crippen LogP contribution in [0.2, 0.25) is 5.28 Å². The quantitative estimate of drug-likeness (QED) is 0.898. The van der Waals surface area contributed by atoms with E-state index in [0.29, 0.717) is 17.9 Å². The summed E-state index contributed by atoms with van der Waals surface area (Å²) in [5, 5.41) is 3.43. The zero-order chi connectivity index (χ0) is 11.7. The van der Waals surface area contributed by atoms with Crippen molar-refractivity contribution in [2.45, 2.75) is 25.3 Å². The first-order chi connectivity index (χ1) is 8.31. The van der Waals surface area contributed by atoms with E-state index in [1.165, 1.54) is 6.42 Å². The molecule has 2 aromatic heterocycles. The molecule has 17 heavy (non-hydrogen) atoms. The normalized spacial score (nSPS) is 15.6. The molecule has 88 valence electrons. The third kappa shape index (κ3) is 2.21. The van der Waals surface area contributed by atoms with E-state index in [4.69, 9.17) is 11.6 Å². The number of hydrogen-bond acceptors (Lipinski definition) is 5. The zero-order valence-electron chi connectivity index (χ0n) is 9.04. The van der Waals surface area contributed by atoms with E-state index < -0.39 is 0 Å². The van der Waals surface area contributed by atoms with Crippen LogP contribution in [0.5, 0.6) is 0 Å². The van der Waals surface area contributed by atoms with Gasteiger partial charge in [0.2, 0.25) is 17.2 Å². The molecule has 0 aliphatic heterocycles. The van der Waals surface area contributed by atoms with Crippen molar-refractivity contribution in [1.29, 1.82) is 0 Å². The first kappa shape index (κ1) is 10.5. The monoisotopic (exact) mass is 250 g/mol. The first-order valence-electron chi connectivity index (χ1n) is 5.48. The van der Waals surface area contributed by atoms with Gasteiger partial charge in [0.25, 0.3) is 0 Å². The number of hydrogen-bond donors (Lipinski definition) is 1. The van der Waals surface area contributed by atoms with Crippen molar-refractivity contribution in [2.75, 3.05) is 5.32 Å². The maximum absolute atomic E-state index is 5.88. The zero-order valence-corrected chi connectivity index (χ0v) is 9.80. The minimum atomic E-state index is 0.186. The first-order valence-corrected chi connectivity index (χ1v) is 5.85. The van der Waals surface area contributed by atoms with Crippen molar-refractivity contribution in [1.82, 2.24) is 24.5 Å². The lowest BCUT2D eigenvalue weighted by molar-refractivity contribution is 0.443. The van der Waals surface area contributed by atoms with Gasteiger partial charge in [0, 0.05) is 18.4 Å². The van der Waals surface area contributed by atoms with Gasteiger partial charge in [0.05, 0.1) is 0 Å². The van der Waals surface area contributed by atoms with Gasteiger partial charge < -0.3 is 5.32 Å². The Labute approximate surface area is 103 Å². The summed E-state index contributed by atoms with van der Waals surface area (Å²) in [5.41, 5.74) is 0. The highest BCUT2D eigenvalue weighted by atomic mass is 35.5. The maximum atomic E-state index is 5.88. The van der Waals surface area contributed by atoms with Gasteiger partial charge in [0.1, 0.15) is 6.33 Å². The van der Waals surface area contributed by atoms with Gasteiger partial charge in [-0.25, -0.2) is 4.98 Å². The summed E-state index contributed by atoms with van der Waals surface area (Å²) in [5.74, 6) is 1.00. The van der Waals surface area contributed by atoms with E-state index in [-0.39, 0.29) is 5.28 Å². The molecule has 1 fully saturated rings. The number of imidazole rings is 1.